The average Bonchev–Trinajstić information content (AvgIpc) is 2.78. The molecule has 0 radical (unpaired) electrons. The summed E-state index contributed by atoms with van der Waals surface area (Å²) in [6.45, 7) is 7.39. The van der Waals surface area contributed by atoms with Crippen molar-refractivity contribution in [3.05, 3.63) is 42.1 Å². The van der Waals surface area contributed by atoms with Crippen LogP contribution in [0.1, 0.15) is 18.2 Å². The van der Waals surface area contributed by atoms with Gasteiger partial charge in [-0.05, 0) is 44.0 Å². The van der Waals surface area contributed by atoms with E-state index in [1.165, 1.54) is 6.08 Å². The quantitative estimate of drug-likeness (QED) is 0.602. The number of hydrogen-bond donors (Lipinski definition) is 1. The predicted octanol–water partition coefficient (Wildman–Crippen LogP) is 4.43. The first kappa shape index (κ1) is 17.4. The third-order valence-corrected chi connectivity index (χ3v) is 3.74. The lowest BCUT2D eigenvalue weighted by Crippen LogP contribution is -2.39. The number of aromatic amines is 1. The fourth-order valence-electron chi connectivity index (χ4n) is 2.66. The van der Waals surface area contributed by atoms with Crippen LogP contribution in [0, 0.1) is 6.92 Å². The van der Waals surface area contributed by atoms with Crippen LogP contribution in [0.4, 0.5) is 13.2 Å². The highest BCUT2D eigenvalue weighted by atomic mass is 19.4. The molecule has 0 aliphatic heterocycles. The monoisotopic (exact) mass is 326 g/mol. The summed E-state index contributed by atoms with van der Waals surface area (Å²) >= 11 is 0. The molecule has 6 heteroatoms. The Balaban J connectivity index is 2.26. The minimum absolute atomic E-state index is 0.109. The van der Waals surface area contributed by atoms with Gasteiger partial charge in [-0.2, -0.15) is 13.2 Å². The van der Waals surface area contributed by atoms with E-state index in [2.05, 4.69) is 11.6 Å². The number of H-pyrrole nitrogens is 1. The summed E-state index contributed by atoms with van der Waals surface area (Å²) < 4.78 is 44.4. The molecular formula is C17H21F3N2O. The fraction of sp³-hybridized carbons (Fsp3) is 0.412. The first-order chi connectivity index (χ1) is 10.9. The average molecular weight is 326 g/mol. The summed E-state index contributed by atoms with van der Waals surface area (Å²) in [6, 6.07) is 5.62. The van der Waals surface area contributed by atoms with Gasteiger partial charge in [-0.3, -0.25) is 0 Å². The van der Waals surface area contributed by atoms with Gasteiger partial charge in [-0.15, -0.1) is 6.58 Å². The van der Waals surface area contributed by atoms with Crippen LogP contribution in [0.15, 0.2) is 30.9 Å². The Morgan fingerprint density at radius 1 is 1.35 bits per heavy atom. The minimum atomic E-state index is -4.36. The summed E-state index contributed by atoms with van der Waals surface area (Å²) in [5.41, 5.74) is 2.68. The number of aryl methyl sites for hydroxylation is 1. The lowest BCUT2D eigenvalue weighted by molar-refractivity contribution is -0.241. The van der Waals surface area contributed by atoms with Crippen molar-refractivity contribution < 1.29 is 17.9 Å². The molecule has 0 aliphatic carbocycles. The highest BCUT2D eigenvalue weighted by Gasteiger charge is 2.35. The summed E-state index contributed by atoms with van der Waals surface area (Å²) in [4.78, 5) is 3.68. The molecule has 0 spiro atoms. The number of nitrogens with one attached hydrogen (secondary N) is 1. The number of halogens is 3. The van der Waals surface area contributed by atoms with Crippen LogP contribution in [0.3, 0.4) is 0 Å². The molecule has 0 aliphatic rings. The molecule has 1 N–H and O–H groups in total. The Morgan fingerprint density at radius 2 is 2.09 bits per heavy atom. The highest BCUT2D eigenvalue weighted by Crippen LogP contribution is 2.28. The number of fused-ring (bicyclic) bond motifs is 1. The van der Waals surface area contributed by atoms with Gasteiger partial charge in [0.15, 0.2) is 0 Å². The fourth-order valence-corrected chi connectivity index (χ4v) is 2.66. The number of alkyl halides is 3. The number of aromatic nitrogens is 1. The maximum absolute atomic E-state index is 13.0. The van der Waals surface area contributed by atoms with E-state index in [1.807, 2.05) is 32.0 Å². The second-order valence-electron chi connectivity index (χ2n) is 5.32. The molecule has 0 atom stereocenters. The van der Waals surface area contributed by atoms with E-state index in [0.717, 1.165) is 27.9 Å². The van der Waals surface area contributed by atoms with Gasteiger partial charge in [0.2, 0.25) is 0 Å². The molecule has 0 bridgehead atoms. The molecule has 1 heterocycles. The smallest absolute Gasteiger partial charge is 0.460 e. The van der Waals surface area contributed by atoms with E-state index in [0.29, 0.717) is 17.9 Å². The maximum Gasteiger partial charge on any atom is 0.460 e. The zero-order chi connectivity index (χ0) is 17.0. The van der Waals surface area contributed by atoms with Gasteiger partial charge < -0.3 is 9.72 Å². The zero-order valence-electron chi connectivity index (χ0n) is 13.3. The Labute approximate surface area is 133 Å². The van der Waals surface area contributed by atoms with Crippen molar-refractivity contribution in [1.82, 2.24) is 9.88 Å². The van der Waals surface area contributed by atoms with Gasteiger partial charge in [-0.1, -0.05) is 6.08 Å². The van der Waals surface area contributed by atoms with Crippen molar-refractivity contribution >= 4 is 10.9 Å². The van der Waals surface area contributed by atoms with Crippen molar-refractivity contribution in [3.63, 3.8) is 0 Å². The first-order valence-electron chi connectivity index (χ1n) is 7.53. The number of benzene rings is 1. The summed E-state index contributed by atoms with van der Waals surface area (Å²) in [6.07, 6.45) is -2.79. The molecular weight excluding hydrogens is 305 g/mol. The molecule has 1 aromatic heterocycles. The number of nitrogens with zero attached hydrogens (tertiary/aromatic N) is 1. The van der Waals surface area contributed by atoms with E-state index in [9.17, 15) is 13.2 Å². The third kappa shape index (κ3) is 4.07. The van der Waals surface area contributed by atoms with Crippen LogP contribution in [0.5, 0.6) is 5.75 Å². The molecule has 0 saturated heterocycles. The van der Waals surface area contributed by atoms with Crippen LogP contribution >= 0.6 is 0 Å². The molecule has 2 aromatic rings. The second kappa shape index (κ2) is 7.08. The van der Waals surface area contributed by atoms with Gasteiger partial charge in [0.1, 0.15) is 5.75 Å². The third-order valence-electron chi connectivity index (χ3n) is 3.74. The number of ether oxygens (including phenoxy) is 1. The second-order valence-corrected chi connectivity index (χ2v) is 5.32. The van der Waals surface area contributed by atoms with Gasteiger partial charge in [0.05, 0.1) is 6.61 Å². The highest BCUT2D eigenvalue weighted by molar-refractivity contribution is 5.86. The topological polar surface area (TPSA) is 28.3 Å². The van der Waals surface area contributed by atoms with Crippen molar-refractivity contribution in [2.75, 3.05) is 19.7 Å². The molecule has 0 amide bonds. The Morgan fingerprint density at radius 3 is 2.70 bits per heavy atom. The van der Waals surface area contributed by atoms with Crippen LogP contribution in [-0.2, 0) is 6.42 Å². The van der Waals surface area contributed by atoms with E-state index in [-0.39, 0.29) is 13.1 Å². The largest absolute Gasteiger partial charge is 0.494 e. The summed E-state index contributed by atoms with van der Waals surface area (Å²) in [5.74, 6) is 0.721. The normalized spacial score (nSPS) is 12.1. The number of hydrogen-bond acceptors (Lipinski definition) is 2. The van der Waals surface area contributed by atoms with Crippen molar-refractivity contribution in [2.45, 2.75) is 26.6 Å². The van der Waals surface area contributed by atoms with Crippen molar-refractivity contribution in [1.29, 1.82) is 0 Å². The van der Waals surface area contributed by atoms with Gasteiger partial charge in [0, 0.05) is 29.7 Å². The van der Waals surface area contributed by atoms with Crippen LogP contribution in [0.25, 0.3) is 10.9 Å². The van der Waals surface area contributed by atoms with E-state index < -0.39 is 6.30 Å². The minimum Gasteiger partial charge on any atom is -0.494 e. The van der Waals surface area contributed by atoms with Crippen LogP contribution < -0.4 is 4.74 Å². The van der Waals surface area contributed by atoms with Crippen molar-refractivity contribution in [3.8, 4) is 5.75 Å². The molecule has 23 heavy (non-hydrogen) atoms. The molecule has 0 fully saturated rings. The van der Waals surface area contributed by atoms with Crippen LogP contribution in [0.2, 0.25) is 0 Å². The molecule has 0 unspecified atom stereocenters. The summed E-state index contributed by atoms with van der Waals surface area (Å²) in [5, 5.41) is 0.911. The van der Waals surface area contributed by atoms with Crippen molar-refractivity contribution in [2.24, 2.45) is 0 Å². The molecule has 0 saturated carbocycles. The Kier molecular flexibility index (Phi) is 5.36. The Bertz CT molecular complexity index is 676. The maximum atomic E-state index is 13.0. The SMILES string of the molecule is C=CCN(CCc1c(C)[nH]c2ccc(OCC)cc12)C(F)(F)F. The van der Waals surface area contributed by atoms with Gasteiger partial charge in [-0.25, -0.2) is 4.90 Å². The van der Waals surface area contributed by atoms with E-state index >= 15 is 0 Å². The molecule has 2 rings (SSSR count). The summed E-state index contributed by atoms with van der Waals surface area (Å²) in [7, 11) is 0. The van der Waals surface area contributed by atoms with Gasteiger partial charge in [0.25, 0.3) is 0 Å². The Hall–Kier alpha value is -1.95. The molecule has 3 nitrogen and oxygen atoms in total. The van der Waals surface area contributed by atoms with Gasteiger partial charge >= 0.3 is 6.30 Å². The van der Waals surface area contributed by atoms with E-state index in [1.54, 1.807) is 0 Å². The lowest BCUT2D eigenvalue weighted by Gasteiger charge is -2.23. The first-order valence-corrected chi connectivity index (χ1v) is 7.53. The zero-order valence-corrected chi connectivity index (χ0v) is 13.3. The molecule has 126 valence electrons. The predicted molar refractivity (Wildman–Crippen MR) is 85.7 cm³/mol. The number of rotatable bonds is 7. The lowest BCUT2D eigenvalue weighted by atomic mass is 10.1. The standard InChI is InChI=1S/C17H21F3N2O/c1-4-9-22(17(18,19)20)10-8-14-12(3)21-16-7-6-13(23-5-2)11-15(14)16/h4,6-7,11,21H,1,5,8-10H2,2-3H3. The van der Waals surface area contributed by atoms with Crippen LogP contribution in [-0.4, -0.2) is 35.9 Å². The van der Waals surface area contributed by atoms with E-state index in [4.69, 9.17) is 4.74 Å². The molecule has 1 aromatic carbocycles.